The molecular formula is C19H20F2N4O2. The van der Waals surface area contributed by atoms with Crippen molar-refractivity contribution in [2.45, 2.75) is 6.92 Å². The Kier molecular flexibility index (Phi) is 5.54. The number of halogens is 2. The van der Waals surface area contributed by atoms with E-state index in [2.05, 4.69) is 10.6 Å². The normalized spacial score (nSPS) is 14.0. The maximum Gasteiger partial charge on any atom is 0.321 e. The highest BCUT2D eigenvalue weighted by Crippen LogP contribution is 2.24. The number of benzene rings is 2. The number of nitrogens with one attached hydrogen (secondary N) is 2. The first-order valence-electron chi connectivity index (χ1n) is 8.56. The van der Waals surface area contributed by atoms with Gasteiger partial charge in [0.15, 0.2) is 0 Å². The first-order chi connectivity index (χ1) is 12.9. The lowest BCUT2D eigenvalue weighted by atomic mass is 10.2. The van der Waals surface area contributed by atoms with Crippen LogP contribution in [0.4, 0.5) is 30.6 Å². The fraction of sp³-hybridized carbons (Fsp3) is 0.263. The minimum Gasteiger partial charge on any atom is -0.363 e. The number of carbonyl (C=O) groups excluding carboxylic acids is 2. The summed E-state index contributed by atoms with van der Waals surface area (Å²) in [6.07, 6.45) is 0. The number of hydrogen-bond acceptors (Lipinski definition) is 3. The van der Waals surface area contributed by atoms with Crippen LogP contribution in [0.3, 0.4) is 0 Å². The summed E-state index contributed by atoms with van der Waals surface area (Å²) in [6, 6.07) is 10.3. The molecule has 0 saturated carbocycles. The van der Waals surface area contributed by atoms with Gasteiger partial charge >= 0.3 is 6.03 Å². The Labute approximate surface area is 155 Å². The molecule has 0 aromatic heterocycles. The van der Waals surface area contributed by atoms with Crippen LogP contribution in [0.1, 0.15) is 6.92 Å². The molecule has 1 aliphatic rings. The van der Waals surface area contributed by atoms with E-state index >= 15 is 0 Å². The average molecular weight is 374 g/mol. The summed E-state index contributed by atoms with van der Waals surface area (Å²) in [4.78, 5) is 26.8. The van der Waals surface area contributed by atoms with Crippen molar-refractivity contribution >= 4 is 29.0 Å². The number of hydrogen-bond donors (Lipinski definition) is 2. The molecule has 3 amide bonds. The van der Waals surface area contributed by atoms with Crippen LogP contribution in [-0.4, -0.2) is 43.0 Å². The highest BCUT2D eigenvalue weighted by atomic mass is 19.1. The van der Waals surface area contributed by atoms with Gasteiger partial charge in [0.25, 0.3) is 0 Å². The Morgan fingerprint density at radius 2 is 1.44 bits per heavy atom. The van der Waals surface area contributed by atoms with E-state index in [1.54, 1.807) is 34.1 Å². The van der Waals surface area contributed by atoms with E-state index in [4.69, 9.17) is 0 Å². The maximum absolute atomic E-state index is 13.9. The predicted octanol–water partition coefficient (Wildman–Crippen LogP) is 3.28. The topological polar surface area (TPSA) is 64.7 Å². The number of amides is 3. The zero-order valence-corrected chi connectivity index (χ0v) is 14.8. The quantitative estimate of drug-likeness (QED) is 0.867. The molecule has 2 aromatic rings. The van der Waals surface area contributed by atoms with Crippen LogP contribution in [0.15, 0.2) is 42.5 Å². The number of urea groups is 1. The molecule has 27 heavy (non-hydrogen) atoms. The molecule has 8 heteroatoms. The van der Waals surface area contributed by atoms with Gasteiger partial charge in [0.2, 0.25) is 5.91 Å². The number of piperazine rings is 1. The van der Waals surface area contributed by atoms with E-state index in [1.165, 1.54) is 25.1 Å². The number of nitrogens with zero attached hydrogens (tertiary/aromatic N) is 2. The van der Waals surface area contributed by atoms with Gasteiger partial charge in [0.1, 0.15) is 17.3 Å². The van der Waals surface area contributed by atoms with Crippen molar-refractivity contribution < 1.29 is 18.4 Å². The second-order valence-corrected chi connectivity index (χ2v) is 6.24. The lowest BCUT2D eigenvalue weighted by molar-refractivity contribution is -0.114. The Hall–Kier alpha value is -3.16. The van der Waals surface area contributed by atoms with Gasteiger partial charge in [0, 0.05) is 44.5 Å². The van der Waals surface area contributed by atoms with Crippen molar-refractivity contribution in [3.05, 3.63) is 54.1 Å². The summed E-state index contributed by atoms with van der Waals surface area (Å²) in [6.45, 7) is 2.74. The Balaban J connectivity index is 1.60. The van der Waals surface area contributed by atoms with Gasteiger partial charge in [-0.3, -0.25) is 4.79 Å². The van der Waals surface area contributed by atoms with E-state index < -0.39 is 11.6 Å². The van der Waals surface area contributed by atoms with Gasteiger partial charge in [-0.25, -0.2) is 13.6 Å². The van der Waals surface area contributed by atoms with Gasteiger partial charge in [-0.1, -0.05) is 12.1 Å². The number of rotatable bonds is 3. The van der Waals surface area contributed by atoms with E-state index in [0.29, 0.717) is 37.6 Å². The van der Waals surface area contributed by atoms with E-state index in [-0.39, 0.29) is 17.6 Å². The molecule has 0 aliphatic carbocycles. The minimum atomic E-state index is -0.609. The van der Waals surface area contributed by atoms with Crippen LogP contribution >= 0.6 is 0 Å². The van der Waals surface area contributed by atoms with Crippen LogP contribution in [0.2, 0.25) is 0 Å². The van der Waals surface area contributed by atoms with Gasteiger partial charge in [-0.05, 0) is 30.3 Å². The lowest BCUT2D eigenvalue weighted by Crippen LogP contribution is -2.50. The van der Waals surface area contributed by atoms with Crippen molar-refractivity contribution in [3.8, 4) is 0 Å². The monoisotopic (exact) mass is 374 g/mol. The van der Waals surface area contributed by atoms with Crippen molar-refractivity contribution in [1.29, 1.82) is 0 Å². The predicted molar refractivity (Wildman–Crippen MR) is 99.9 cm³/mol. The van der Waals surface area contributed by atoms with Crippen molar-refractivity contribution in [2.75, 3.05) is 41.7 Å². The Bertz CT molecular complexity index is 831. The van der Waals surface area contributed by atoms with Crippen LogP contribution in [0.5, 0.6) is 0 Å². The van der Waals surface area contributed by atoms with Gasteiger partial charge < -0.3 is 20.4 Å². The first kappa shape index (κ1) is 18.6. The van der Waals surface area contributed by atoms with Gasteiger partial charge in [0.05, 0.1) is 0 Å². The van der Waals surface area contributed by atoms with E-state index in [9.17, 15) is 18.4 Å². The third-order valence-corrected chi connectivity index (χ3v) is 4.25. The number of para-hydroxylation sites is 1. The Morgan fingerprint density at radius 1 is 0.889 bits per heavy atom. The van der Waals surface area contributed by atoms with E-state index in [1.807, 2.05) is 0 Å². The molecule has 1 heterocycles. The summed E-state index contributed by atoms with van der Waals surface area (Å²) in [5.74, 6) is -1.42. The smallest absolute Gasteiger partial charge is 0.321 e. The SMILES string of the molecule is CC(=O)Nc1cccc(NC(=O)N2CCN(c3c(F)cccc3F)CC2)c1. The maximum atomic E-state index is 13.9. The van der Waals surface area contributed by atoms with Gasteiger partial charge in [-0.2, -0.15) is 0 Å². The van der Waals surface area contributed by atoms with E-state index in [0.717, 1.165) is 0 Å². The fourth-order valence-electron chi connectivity index (χ4n) is 3.00. The summed E-state index contributed by atoms with van der Waals surface area (Å²) < 4.78 is 27.8. The highest BCUT2D eigenvalue weighted by Gasteiger charge is 2.24. The molecule has 3 rings (SSSR count). The molecule has 6 nitrogen and oxygen atoms in total. The fourth-order valence-corrected chi connectivity index (χ4v) is 3.00. The zero-order chi connectivity index (χ0) is 19.4. The second-order valence-electron chi connectivity index (χ2n) is 6.24. The molecule has 0 bridgehead atoms. The molecule has 0 atom stereocenters. The molecule has 1 saturated heterocycles. The third kappa shape index (κ3) is 4.52. The minimum absolute atomic E-state index is 0.0550. The van der Waals surface area contributed by atoms with Crippen LogP contribution < -0.4 is 15.5 Å². The molecular weight excluding hydrogens is 354 g/mol. The molecule has 0 unspecified atom stereocenters. The van der Waals surface area contributed by atoms with Crippen LogP contribution in [0, 0.1) is 11.6 Å². The van der Waals surface area contributed by atoms with Crippen molar-refractivity contribution in [1.82, 2.24) is 4.90 Å². The molecule has 1 fully saturated rings. The second kappa shape index (κ2) is 8.03. The van der Waals surface area contributed by atoms with Gasteiger partial charge in [-0.15, -0.1) is 0 Å². The van der Waals surface area contributed by atoms with Crippen LogP contribution in [-0.2, 0) is 4.79 Å². The van der Waals surface area contributed by atoms with Crippen LogP contribution in [0.25, 0.3) is 0 Å². The molecule has 1 aliphatic heterocycles. The van der Waals surface area contributed by atoms with Crippen molar-refractivity contribution in [3.63, 3.8) is 0 Å². The summed E-state index contributed by atoms with van der Waals surface area (Å²) in [7, 11) is 0. The first-order valence-corrected chi connectivity index (χ1v) is 8.56. The summed E-state index contributed by atoms with van der Waals surface area (Å²) in [5.41, 5.74) is 1.08. The third-order valence-electron chi connectivity index (χ3n) is 4.25. The molecule has 2 aromatic carbocycles. The molecule has 0 radical (unpaired) electrons. The lowest BCUT2D eigenvalue weighted by Gasteiger charge is -2.36. The Morgan fingerprint density at radius 3 is 2.04 bits per heavy atom. The molecule has 142 valence electrons. The zero-order valence-electron chi connectivity index (χ0n) is 14.8. The molecule has 2 N–H and O–H groups in total. The number of anilines is 3. The average Bonchev–Trinajstić information content (AvgIpc) is 2.62. The number of carbonyl (C=O) groups is 2. The summed E-state index contributed by atoms with van der Waals surface area (Å²) in [5, 5.41) is 5.42. The van der Waals surface area contributed by atoms with Crippen molar-refractivity contribution in [2.24, 2.45) is 0 Å². The summed E-state index contributed by atoms with van der Waals surface area (Å²) >= 11 is 0. The standard InChI is InChI=1S/C19H20F2N4O2/c1-13(26)22-14-4-2-5-15(12-14)23-19(27)25-10-8-24(9-11-25)18-16(20)6-3-7-17(18)21/h2-7,12H,8-11H2,1H3,(H,22,26)(H,23,27). The largest absolute Gasteiger partial charge is 0.363 e. The molecule has 0 spiro atoms. The highest BCUT2D eigenvalue weighted by molar-refractivity contribution is 5.92.